The second-order valence-corrected chi connectivity index (χ2v) is 2.00. The summed E-state index contributed by atoms with van der Waals surface area (Å²) in [7, 11) is 0. The van der Waals surface area contributed by atoms with Crippen molar-refractivity contribution in [2.75, 3.05) is 26.4 Å². The smallest absolute Gasteiger partial charge is 0.0662 e. The van der Waals surface area contributed by atoms with Crippen LogP contribution in [0.1, 0.15) is 26.7 Å². The summed E-state index contributed by atoms with van der Waals surface area (Å²) >= 11 is 0. The Labute approximate surface area is 147 Å². The molecular weight excluding hydrogens is 288 g/mol. The van der Waals surface area contributed by atoms with Gasteiger partial charge >= 0.3 is 0 Å². The van der Waals surface area contributed by atoms with Crippen LogP contribution in [0.5, 0.6) is 0 Å². The van der Waals surface area contributed by atoms with Crippen LogP contribution in [-0.2, 0) is 4.74 Å². The highest BCUT2D eigenvalue weighted by Crippen LogP contribution is 1.85. The molecule has 0 heterocycles. The maximum Gasteiger partial charge on any atom is 0.0662 e. The number of unbranched alkanes of at least 4 members (excludes halogenated alkanes) is 1. The van der Waals surface area contributed by atoms with E-state index in [1.165, 1.54) is 12.8 Å². The molecule has 0 amide bonds. The first kappa shape index (κ1) is 49.6. The molecule has 0 fully saturated rings. The topological polar surface area (TPSA) is 49.7 Å². The second-order valence-electron chi connectivity index (χ2n) is 2.00. The number of hydrogen-bond acceptors (Lipinski definition) is 3. The van der Waals surface area contributed by atoms with Crippen LogP contribution in [0.15, 0.2) is 78.9 Å². The highest BCUT2D eigenvalue weighted by Gasteiger charge is 1.78. The predicted octanol–water partition coefficient (Wildman–Crippen LogP) is 5.61. The molecule has 0 aliphatic carbocycles. The van der Waals surface area contributed by atoms with Crippen molar-refractivity contribution in [3.63, 3.8) is 0 Å². The molecule has 0 saturated heterocycles. The number of aliphatic hydroxyl groups excluding tert-OH is 2. The summed E-state index contributed by atoms with van der Waals surface area (Å²) in [6.07, 6.45) is 2.44. The Morgan fingerprint density at radius 2 is 0.870 bits per heavy atom. The average molecular weight is 333 g/mol. The Morgan fingerprint density at radius 1 is 0.609 bits per heavy atom. The molecule has 0 saturated carbocycles. The molecule has 0 atom stereocenters. The minimum Gasteiger partial charge on any atom is -0.394 e. The van der Waals surface area contributed by atoms with Crippen LogP contribution in [0.2, 0.25) is 0 Å². The molecule has 0 rings (SSSR count). The molecular formula is C20H44O3. The van der Waals surface area contributed by atoms with Crippen molar-refractivity contribution in [2.45, 2.75) is 26.7 Å². The fraction of sp³-hybridized carbons (Fsp3) is 0.400. The summed E-state index contributed by atoms with van der Waals surface area (Å²) < 4.78 is 5.07. The fourth-order valence-corrected chi connectivity index (χ4v) is 0.391. The zero-order chi connectivity index (χ0) is 20.9. The highest BCUT2D eigenvalue weighted by atomic mass is 16.5. The SMILES string of the molecule is C=C.C=C.C=C.C=C.C=C.C=C.CCCCOCC.OCCO. The largest absolute Gasteiger partial charge is 0.394 e. The standard InChI is InChI=1S/C6H14O.C2H6O2.6C2H4/c1-3-5-6-7-4-2;3-1-2-4;6*1-2/h3-6H2,1-2H3;3-4H,1-2H2;6*1-2H2. The van der Waals surface area contributed by atoms with Gasteiger partial charge in [-0.05, 0) is 13.3 Å². The van der Waals surface area contributed by atoms with Crippen molar-refractivity contribution in [3.8, 4) is 0 Å². The van der Waals surface area contributed by atoms with Gasteiger partial charge in [-0.1, -0.05) is 13.3 Å². The molecule has 0 spiro atoms. The van der Waals surface area contributed by atoms with Crippen LogP contribution >= 0.6 is 0 Å². The summed E-state index contributed by atoms with van der Waals surface area (Å²) in [5.41, 5.74) is 0. The maximum atomic E-state index is 7.62. The van der Waals surface area contributed by atoms with E-state index < -0.39 is 0 Å². The number of hydrogen-bond donors (Lipinski definition) is 2. The third kappa shape index (κ3) is 619. The van der Waals surface area contributed by atoms with Gasteiger partial charge in [-0.2, -0.15) is 0 Å². The van der Waals surface area contributed by atoms with Gasteiger partial charge in [-0.25, -0.2) is 0 Å². The molecule has 23 heavy (non-hydrogen) atoms. The lowest BCUT2D eigenvalue weighted by Gasteiger charge is -1.94. The molecule has 0 aromatic heterocycles. The molecule has 3 nitrogen and oxygen atoms in total. The molecule has 0 aliphatic heterocycles. The molecule has 0 aromatic carbocycles. The lowest BCUT2D eigenvalue weighted by molar-refractivity contribution is 0.144. The molecule has 0 unspecified atom stereocenters. The van der Waals surface area contributed by atoms with E-state index in [-0.39, 0.29) is 13.2 Å². The van der Waals surface area contributed by atoms with E-state index in [1.54, 1.807) is 0 Å². The number of rotatable bonds is 5. The Balaban J connectivity index is -0.0000000205. The number of aliphatic hydroxyl groups is 2. The second kappa shape index (κ2) is 268. The van der Waals surface area contributed by atoms with Gasteiger partial charge in [0, 0.05) is 13.2 Å². The monoisotopic (exact) mass is 332 g/mol. The van der Waals surface area contributed by atoms with Crippen LogP contribution in [0.4, 0.5) is 0 Å². The molecule has 142 valence electrons. The third-order valence-electron chi connectivity index (χ3n) is 0.946. The lowest BCUT2D eigenvalue weighted by atomic mass is 10.4. The van der Waals surface area contributed by atoms with Gasteiger partial charge < -0.3 is 14.9 Å². The van der Waals surface area contributed by atoms with Gasteiger partial charge in [0.2, 0.25) is 0 Å². The summed E-state index contributed by atoms with van der Waals surface area (Å²) in [5, 5.41) is 15.2. The van der Waals surface area contributed by atoms with Crippen molar-refractivity contribution in [2.24, 2.45) is 0 Å². The van der Waals surface area contributed by atoms with Gasteiger partial charge in [-0.3, -0.25) is 0 Å². The van der Waals surface area contributed by atoms with Crippen molar-refractivity contribution < 1.29 is 14.9 Å². The normalized spacial score (nSPS) is 5.22. The van der Waals surface area contributed by atoms with Crippen LogP contribution in [0.3, 0.4) is 0 Å². The summed E-state index contributed by atoms with van der Waals surface area (Å²) in [6.45, 7) is 41.7. The van der Waals surface area contributed by atoms with E-state index in [2.05, 4.69) is 85.9 Å². The van der Waals surface area contributed by atoms with E-state index in [0.29, 0.717) is 0 Å². The van der Waals surface area contributed by atoms with Crippen LogP contribution in [-0.4, -0.2) is 36.6 Å². The van der Waals surface area contributed by atoms with Crippen molar-refractivity contribution in [1.29, 1.82) is 0 Å². The lowest BCUT2D eigenvalue weighted by Crippen LogP contribution is -1.90. The van der Waals surface area contributed by atoms with Crippen LogP contribution in [0.25, 0.3) is 0 Å². The van der Waals surface area contributed by atoms with Crippen LogP contribution in [0, 0.1) is 0 Å². The minimum absolute atomic E-state index is 0.125. The quantitative estimate of drug-likeness (QED) is 0.508. The first-order valence-corrected chi connectivity index (χ1v) is 7.12. The molecule has 0 aromatic rings. The maximum absolute atomic E-state index is 7.62. The molecule has 0 bridgehead atoms. The Bertz CT molecular complexity index is 87.6. The summed E-state index contributed by atoms with van der Waals surface area (Å²) in [6, 6.07) is 0. The zero-order valence-corrected chi connectivity index (χ0v) is 16.0. The fourth-order valence-electron chi connectivity index (χ4n) is 0.391. The van der Waals surface area contributed by atoms with Crippen molar-refractivity contribution in [3.05, 3.63) is 78.9 Å². The highest BCUT2D eigenvalue weighted by molar-refractivity contribution is 4.28. The van der Waals surface area contributed by atoms with E-state index in [1.807, 2.05) is 6.92 Å². The van der Waals surface area contributed by atoms with Crippen LogP contribution < -0.4 is 0 Å². The van der Waals surface area contributed by atoms with Crippen molar-refractivity contribution in [1.82, 2.24) is 0 Å². The van der Waals surface area contributed by atoms with Gasteiger partial charge in [0.25, 0.3) is 0 Å². The predicted molar refractivity (Wildman–Crippen MR) is 113 cm³/mol. The molecule has 2 N–H and O–H groups in total. The zero-order valence-electron chi connectivity index (χ0n) is 16.0. The van der Waals surface area contributed by atoms with E-state index >= 15 is 0 Å². The van der Waals surface area contributed by atoms with E-state index in [9.17, 15) is 0 Å². The first-order valence-electron chi connectivity index (χ1n) is 7.12. The van der Waals surface area contributed by atoms with Gasteiger partial charge in [0.05, 0.1) is 13.2 Å². The Kier molecular flexibility index (Phi) is 578. The van der Waals surface area contributed by atoms with Gasteiger partial charge in [0.1, 0.15) is 0 Å². The van der Waals surface area contributed by atoms with Gasteiger partial charge in [0.15, 0.2) is 0 Å². The van der Waals surface area contributed by atoms with E-state index in [4.69, 9.17) is 14.9 Å². The van der Waals surface area contributed by atoms with Crippen molar-refractivity contribution >= 4 is 0 Å². The van der Waals surface area contributed by atoms with Gasteiger partial charge in [-0.15, -0.1) is 78.9 Å². The Morgan fingerprint density at radius 3 is 1.00 bits per heavy atom. The first-order chi connectivity index (χ1) is 11.3. The molecule has 3 heteroatoms. The summed E-state index contributed by atoms with van der Waals surface area (Å²) in [4.78, 5) is 0. The summed E-state index contributed by atoms with van der Waals surface area (Å²) in [5.74, 6) is 0. The third-order valence-corrected chi connectivity index (χ3v) is 0.946. The molecule has 0 radical (unpaired) electrons. The Hall–Kier alpha value is -1.68. The number of ether oxygens (including phenoxy) is 1. The average Bonchev–Trinajstić information content (AvgIpc) is 2.72. The van der Waals surface area contributed by atoms with E-state index in [0.717, 1.165) is 13.2 Å². The molecule has 0 aliphatic rings. The minimum atomic E-state index is -0.125.